The number of hydrogen-bond acceptors (Lipinski definition) is 4. The minimum Gasteiger partial charge on any atom is -0.435 e. The van der Waals surface area contributed by atoms with Gasteiger partial charge in [-0.15, -0.1) is 0 Å². The fraction of sp³-hybridized carbons (Fsp3) is 0.227. The molecule has 0 amide bonds. The molecule has 0 atom stereocenters. The smallest absolute Gasteiger partial charge is 0.387 e. The minimum absolute atomic E-state index is 0.000831. The molecule has 2 aromatic rings. The van der Waals surface area contributed by atoms with Gasteiger partial charge in [0.25, 0.3) is 0 Å². The van der Waals surface area contributed by atoms with E-state index in [0.717, 1.165) is 41.2 Å². The van der Waals surface area contributed by atoms with Gasteiger partial charge in [-0.1, -0.05) is 54.2 Å². The van der Waals surface area contributed by atoms with Gasteiger partial charge in [0.05, 0.1) is 10.7 Å². The highest BCUT2D eigenvalue weighted by molar-refractivity contribution is 8.06. The quantitative estimate of drug-likeness (QED) is 0.584. The van der Waals surface area contributed by atoms with E-state index in [1.54, 1.807) is 23.9 Å². The summed E-state index contributed by atoms with van der Waals surface area (Å²) in [4.78, 5) is 15.4. The Hall–Kier alpha value is -2.60. The Kier molecular flexibility index (Phi) is 5.48. The summed E-state index contributed by atoms with van der Waals surface area (Å²) >= 11 is 1.56. The van der Waals surface area contributed by atoms with Crippen molar-refractivity contribution in [1.29, 1.82) is 0 Å². The first-order valence-electron chi connectivity index (χ1n) is 9.16. The number of ketones is 1. The molecule has 0 saturated carbocycles. The number of Topliss-reactive ketones (excluding diaryl/α,β-unsaturated/α-hetero) is 1. The second-order valence-electron chi connectivity index (χ2n) is 6.61. The molecule has 2 aliphatic heterocycles. The zero-order valence-electron chi connectivity index (χ0n) is 15.1. The molecule has 2 aliphatic rings. The van der Waals surface area contributed by atoms with Crippen LogP contribution in [0.5, 0.6) is 5.75 Å². The highest BCUT2D eigenvalue weighted by atomic mass is 32.2. The van der Waals surface area contributed by atoms with Crippen LogP contribution in [0.3, 0.4) is 0 Å². The first kappa shape index (κ1) is 18.7. The van der Waals surface area contributed by atoms with Crippen LogP contribution < -0.4 is 4.74 Å². The average Bonchev–Trinajstić information content (AvgIpc) is 3.00. The lowest BCUT2D eigenvalue weighted by Crippen LogP contribution is -2.19. The average molecular weight is 399 g/mol. The van der Waals surface area contributed by atoms with Crippen molar-refractivity contribution in [3.8, 4) is 5.75 Å². The van der Waals surface area contributed by atoms with Crippen molar-refractivity contribution in [2.75, 3.05) is 6.54 Å². The third-order valence-electron chi connectivity index (χ3n) is 4.80. The highest BCUT2D eigenvalue weighted by Crippen LogP contribution is 2.44. The first-order valence-corrected chi connectivity index (χ1v) is 10.0. The third-order valence-corrected chi connectivity index (χ3v) is 5.83. The molecular formula is C22H19F2NO2S. The van der Waals surface area contributed by atoms with E-state index in [4.69, 9.17) is 0 Å². The number of hydrogen-bond donors (Lipinski definition) is 0. The summed E-state index contributed by atoms with van der Waals surface area (Å²) in [5, 5.41) is 3.03. The summed E-state index contributed by atoms with van der Waals surface area (Å²) in [6.07, 6.45) is 2.57. The lowest BCUT2D eigenvalue weighted by molar-refractivity contribution is -0.0498. The molecule has 0 bridgehead atoms. The van der Waals surface area contributed by atoms with E-state index in [1.807, 2.05) is 18.2 Å². The van der Waals surface area contributed by atoms with Gasteiger partial charge >= 0.3 is 6.61 Å². The van der Waals surface area contributed by atoms with Gasteiger partial charge in [-0.3, -0.25) is 4.79 Å². The van der Waals surface area contributed by atoms with E-state index >= 15 is 0 Å². The lowest BCUT2D eigenvalue weighted by Gasteiger charge is -2.23. The molecule has 144 valence electrons. The number of alkyl halides is 2. The van der Waals surface area contributed by atoms with Crippen LogP contribution in [0.1, 0.15) is 35.2 Å². The molecular weight excluding hydrogens is 380 g/mol. The lowest BCUT2D eigenvalue weighted by atomic mass is 10.00. The highest BCUT2D eigenvalue weighted by Gasteiger charge is 2.30. The summed E-state index contributed by atoms with van der Waals surface area (Å²) in [7, 11) is 0. The van der Waals surface area contributed by atoms with Crippen LogP contribution in [0.25, 0.3) is 5.70 Å². The maximum atomic E-state index is 13.2. The molecule has 0 fully saturated rings. The molecule has 28 heavy (non-hydrogen) atoms. The van der Waals surface area contributed by atoms with Crippen LogP contribution in [-0.2, 0) is 0 Å². The number of nitrogens with zero attached hydrogens (tertiary/aromatic N) is 1. The minimum atomic E-state index is -2.91. The van der Waals surface area contributed by atoms with Crippen molar-refractivity contribution in [2.24, 2.45) is 0 Å². The Bertz CT molecular complexity index is 941. The maximum absolute atomic E-state index is 13.2. The number of ether oxygens (including phenoxy) is 1. The number of fused-ring (bicyclic) bond motifs is 1. The van der Waals surface area contributed by atoms with E-state index in [1.165, 1.54) is 12.1 Å². The van der Waals surface area contributed by atoms with Crippen LogP contribution in [-0.4, -0.2) is 23.8 Å². The van der Waals surface area contributed by atoms with Gasteiger partial charge in [-0.2, -0.15) is 8.78 Å². The Morgan fingerprint density at radius 3 is 2.68 bits per heavy atom. The molecule has 0 saturated heterocycles. The number of halogens is 2. The Morgan fingerprint density at radius 2 is 1.89 bits per heavy atom. The van der Waals surface area contributed by atoms with Crippen molar-refractivity contribution in [3.63, 3.8) is 0 Å². The second-order valence-corrected chi connectivity index (χ2v) is 7.47. The normalized spacial score (nSPS) is 16.7. The van der Waals surface area contributed by atoms with E-state index in [9.17, 15) is 13.6 Å². The van der Waals surface area contributed by atoms with Crippen molar-refractivity contribution >= 4 is 23.2 Å². The molecule has 2 heterocycles. The summed E-state index contributed by atoms with van der Waals surface area (Å²) < 4.78 is 29.5. The van der Waals surface area contributed by atoms with E-state index in [0.29, 0.717) is 12.0 Å². The van der Waals surface area contributed by atoms with Crippen LogP contribution in [0.15, 0.2) is 70.6 Å². The number of allylic oxidation sites excluding steroid dienone is 1. The van der Waals surface area contributed by atoms with E-state index in [2.05, 4.69) is 27.2 Å². The number of rotatable bonds is 5. The molecule has 0 aliphatic carbocycles. The van der Waals surface area contributed by atoms with Crippen LogP contribution in [0, 0.1) is 0 Å². The topological polar surface area (TPSA) is 29.5 Å². The second kappa shape index (κ2) is 8.19. The van der Waals surface area contributed by atoms with Crippen molar-refractivity contribution < 1.29 is 18.3 Å². The van der Waals surface area contributed by atoms with Gasteiger partial charge in [0.2, 0.25) is 0 Å². The fourth-order valence-electron chi connectivity index (χ4n) is 3.51. The van der Waals surface area contributed by atoms with Crippen molar-refractivity contribution in [1.82, 2.24) is 4.90 Å². The Labute approximate surface area is 166 Å². The number of carbonyl (C=O) groups excluding carboxylic acids is 1. The first-order chi connectivity index (χ1) is 13.6. The molecule has 0 radical (unpaired) electrons. The summed E-state index contributed by atoms with van der Waals surface area (Å²) in [6.45, 7) is -2.06. The van der Waals surface area contributed by atoms with Gasteiger partial charge in [0, 0.05) is 23.1 Å². The van der Waals surface area contributed by atoms with Gasteiger partial charge < -0.3 is 9.64 Å². The van der Waals surface area contributed by atoms with Gasteiger partial charge in [0.15, 0.2) is 5.78 Å². The monoisotopic (exact) mass is 399 g/mol. The number of benzene rings is 2. The molecule has 0 N–H and O–H groups in total. The summed E-state index contributed by atoms with van der Waals surface area (Å²) in [5.41, 5.74) is 3.32. The van der Waals surface area contributed by atoms with Gasteiger partial charge in [-0.05, 0) is 37.0 Å². The van der Waals surface area contributed by atoms with Crippen LogP contribution in [0.4, 0.5) is 8.78 Å². The molecule has 3 nitrogen and oxygen atoms in total. The SMILES string of the molecule is O=C(C1=C2SC=C(c3ccccc3)N2CCCC1)c1cccc(OC(F)F)c1. The molecule has 2 aromatic carbocycles. The molecule has 0 spiro atoms. The molecule has 6 heteroatoms. The summed E-state index contributed by atoms with van der Waals surface area (Å²) in [6, 6.07) is 16.1. The van der Waals surface area contributed by atoms with Gasteiger partial charge in [-0.25, -0.2) is 0 Å². The van der Waals surface area contributed by atoms with Crippen molar-refractivity contribution in [3.05, 3.63) is 81.7 Å². The van der Waals surface area contributed by atoms with Gasteiger partial charge in [0.1, 0.15) is 5.75 Å². The van der Waals surface area contributed by atoms with Crippen molar-refractivity contribution in [2.45, 2.75) is 25.9 Å². The molecule has 0 aromatic heterocycles. The summed E-state index contributed by atoms with van der Waals surface area (Å²) in [5.74, 6) is -0.129. The molecule has 4 rings (SSSR count). The largest absolute Gasteiger partial charge is 0.435 e. The predicted octanol–water partition coefficient (Wildman–Crippen LogP) is 5.91. The van der Waals surface area contributed by atoms with E-state index in [-0.39, 0.29) is 11.5 Å². The predicted molar refractivity (Wildman–Crippen MR) is 107 cm³/mol. The zero-order valence-corrected chi connectivity index (χ0v) is 15.9. The third kappa shape index (κ3) is 3.83. The number of thioether (sulfide) groups is 1. The zero-order chi connectivity index (χ0) is 19.5. The number of carbonyl (C=O) groups is 1. The fourth-order valence-corrected chi connectivity index (χ4v) is 4.65. The van der Waals surface area contributed by atoms with Crippen LogP contribution >= 0.6 is 11.8 Å². The maximum Gasteiger partial charge on any atom is 0.387 e. The molecule has 0 unspecified atom stereocenters. The standard InChI is InChI=1S/C22H19F2NO2S/c23-22(24)27-17-10-6-9-16(13-17)20(26)18-11-4-5-12-25-19(14-28-21(18)25)15-7-2-1-3-8-15/h1-3,6-10,13-14,22H,4-5,11-12H2. The Morgan fingerprint density at radius 1 is 1.07 bits per heavy atom. The Balaban J connectivity index is 1.66. The van der Waals surface area contributed by atoms with Crippen LogP contribution in [0.2, 0.25) is 0 Å². The van der Waals surface area contributed by atoms with E-state index < -0.39 is 6.61 Å².